The van der Waals surface area contributed by atoms with Crippen LogP contribution in [0, 0.1) is 0 Å². The zero-order valence-corrected chi connectivity index (χ0v) is 37.6. The number of carbonyl (C=O) groups is 4. The molecule has 0 aromatic rings. The van der Waals surface area contributed by atoms with Gasteiger partial charge in [0.15, 0.2) is 37.4 Å². The van der Waals surface area contributed by atoms with Crippen molar-refractivity contribution in [3.05, 3.63) is 0 Å². The average Bonchev–Trinajstić information content (AvgIpc) is 3.18. The molecule has 4 saturated heterocycles. The van der Waals surface area contributed by atoms with Gasteiger partial charge in [-0.3, -0.25) is 27.8 Å². The largest absolute Gasteiger partial charge is 0.479 e. The Hall–Kier alpha value is -3.16. The van der Waals surface area contributed by atoms with Crippen LogP contribution in [-0.4, -0.2) is 252 Å². The molecule has 14 N–H and O–H groups in total. The SMILES string of the molecule is CC(=O)N[C@H]1[C@H](O[C@H]2[C@H](OS(=O)(=O)O)[C@@H](O)[C@H](O[C@H]3[C@@H](OS(=O)(=O)O)[C@@H](CO)OC(O)[C@@H]3NC(C)=O)O[C@@H]2C(=O)O)O[C@H](CO)[C@H](OS(=O)(=O)O)[C@@H]1O[C@@H]1O[C@H](C(=O)O)[C@@H](O)[C@H](OS(=O)(=O)O)[C@H]1O. The van der Waals surface area contributed by atoms with E-state index in [1.807, 2.05) is 10.6 Å². The molecule has 1 unspecified atom stereocenters. The summed E-state index contributed by atoms with van der Waals surface area (Å²) in [4.78, 5) is 49.7. The first kappa shape index (κ1) is 58.4. The van der Waals surface area contributed by atoms with Crippen molar-refractivity contribution in [2.45, 2.75) is 137 Å². The van der Waals surface area contributed by atoms with E-state index in [0.29, 0.717) is 6.92 Å². The maximum atomic E-state index is 12.9. The summed E-state index contributed by atoms with van der Waals surface area (Å²) in [6.45, 7) is -1.30. The van der Waals surface area contributed by atoms with Crippen molar-refractivity contribution < 1.29 is 162 Å². The summed E-state index contributed by atoms with van der Waals surface area (Å²) in [7, 11) is -23.1. The molecular weight excluding hydrogens is 1050 g/mol. The Morgan fingerprint density at radius 1 is 0.464 bits per heavy atom. The zero-order valence-electron chi connectivity index (χ0n) is 34.4. The molecule has 37 nitrogen and oxygen atoms in total. The van der Waals surface area contributed by atoms with Crippen molar-refractivity contribution in [2.75, 3.05) is 13.2 Å². The summed E-state index contributed by atoms with van der Waals surface area (Å²) in [5.41, 5.74) is 0. The van der Waals surface area contributed by atoms with Gasteiger partial charge in [0.25, 0.3) is 0 Å². The van der Waals surface area contributed by atoms with Gasteiger partial charge in [-0.2, -0.15) is 33.7 Å². The summed E-state index contributed by atoms with van der Waals surface area (Å²) in [6.07, 6.45) is -47.4. The van der Waals surface area contributed by atoms with Crippen LogP contribution in [-0.2, 0) is 111 Å². The van der Waals surface area contributed by atoms with Crippen LogP contribution in [0.3, 0.4) is 0 Å². The highest BCUT2D eigenvalue weighted by Crippen LogP contribution is 2.37. The first-order valence-electron chi connectivity index (χ1n) is 18.7. The van der Waals surface area contributed by atoms with Crippen LogP contribution in [0.2, 0.25) is 0 Å². The van der Waals surface area contributed by atoms with Crippen molar-refractivity contribution in [1.82, 2.24) is 10.6 Å². The summed E-state index contributed by atoms with van der Waals surface area (Å²) >= 11 is 0. The molecule has 4 rings (SSSR count). The van der Waals surface area contributed by atoms with Crippen molar-refractivity contribution >= 4 is 65.3 Å². The van der Waals surface area contributed by atoms with E-state index in [-0.39, 0.29) is 0 Å². The molecule has 4 fully saturated rings. The van der Waals surface area contributed by atoms with E-state index in [2.05, 4.69) is 16.7 Å². The highest BCUT2D eigenvalue weighted by molar-refractivity contribution is 7.81. The molecular formula is C28H44N2O35S4. The molecule has 0 bridgehead atoms. The highest BCUT2D eigenvalue weighted by atomic mass is 32.3. The maximum Gasteiger partial charge on any atom is 0.397 e. The number of ether oxygens (including phenoxy) is 7. The van der Waals surface area contributed by atoms with Gasteiger partial charge in [-0.15, -0.1) is 0 Å². The Balaban J connectivity index is 1.86. The van der Waals surface area contributed by atoms with Gasteiger partial charge in [-0.1, -0.05) is 0 Å². The summed E-state index contributed by atoms with van der Waals surface area (Å²) in [5.74, 6) is -6.77. The quantitative estimate of drug-likeness (QED) is 0.0504. The van der Waals surface area contributed by atoms with Crippen molar-refractivity contribution in [3.8, 4) is 0 Å². The number of carboxylic acids is 2. The van der Waals surface area contributed by atoms with E-state index in [9.17, 15) is 112 Å². The van der Waals surface area contributed by atoms with Gasteiger partial charge >= 0.3 is 53.5 Å². The number of carboxylic acid groups (broad SMARTS) is 2. The normalized spacial score (nSPS) is 39.2. The molecule has 69 heavy (non-hydrogen) atoms. The number of amides is 2. The van der Waals surface area contributed by atoms with Crippen LogP contribution in [0.15, 0.2) is 0 Å². The minimum atomic E-state index is -5.97. The third-order valence-corrected chi connectivity index (χ3v) is 11.6. The fourth-order valence-corrected chi connectivity index (χ4v) is 9.29. The number of aliphatic carboxylic acids is 2. The van der Waals surface area contributed by atoms with Crippen molar-refractivity contribution in [1.29, 1.82) is 0 Å². The number of rotatable bonds is 20. The zero-order chi connectivity index (χ0) is 52.5. The minimum absolute atomic E-state index is 0.686. The second kappa shape index (κ2) is 22.7. The second-order valence-corrected chi connectivity index (χ2v) is 18.9. The van der Waals surface area contributed by atoms with Crippen LogP contribution >= 0.6 is 0 Å². The number of nitrogens with one attached hydrogen (secondary N) is 2. The Bertz CT molecular complexity index is 2300. The lowest BCUT2D eigenvalue weighted by Crippen LogP contribution is -2.71. The third-order valence-electron chi connectivity index (χ3n) is 9.76. The van der Waals surface area contributed by atoms with Crippen LogP contribution in [0.4, 0.5) is 0 Å². The first-order chi connectivity index (χ1) is 31.6. The molecule has 41 heteroatoms. The average molecular weight is 1100 g/mol. The molecule has 0 spiro atoms. The monoisotopic (exact) mass is 1100 g/mol. The highest BCUT2D eigenvalue weighted by Gasteiger charge is 2.60. The molecule has 20 atom stereocenters. The lowest BCUT2D eigenvalue weighted by Gasteiger charge is -2.50. The topological polar surface area (TPSA) is 573 Å². The third kappa shape index (κ3) is 15.4. The van der Waals surface area contributed by atoms with E-state index < -0.39 is 201 Å². The van der Waals surface area contributed by atoms with Gasteiger partial charge in [0.1, 0.15) is 85.3 Å². The predicted octanol–water partition coefficient (Wildman–Crippen LogP) is -9.97. The fraction of sp³-hybridized carbons (Fsp3) is 0.857. The summed E-state index contributed by atoms with van der Waals surface area (Å²) < 4.78 is 189. The summed E-state index contributed by atoms with van der Waals surface area (Å²) in [5, 5.41) is 87.8. The van der Waals surface area contributed by atoms with E-state index >= 15 is 0 Å². The molecule has 0 radical (unpaired) electrons. The van der Waals surface area contributed by atoms with E-state index in [0.717, 1.165) is 6.92 Å². The number of aliphatic hydroxyl groups is 6. The molecule has 4 aliphatic heterocycles. The summed E-state index contributed by atoms with van der Waals surface area (Å²) in [6, 6.07) is -4.53. The Morgan fingerprint density at radius 2 is 0.826 bits per heavy atom. The van der Waals surface area contributed by atoms with Gasteiger partial charge in [-0.05, 0) is 0 Å². The van der Waals surface area contributed by atoms with Crippen LogP contribution in [0.5, 0.6) is 0 Å². The Morgan fingerprint density at radius 3 is 1.25 bits per heavy atom. The predicted molar refractivity (Wildman–Crippen MR) is 200 cm³/mol. The first-order valence-corrected chi connectivity index (χ1v) is 24.2. The van der Waals surface area contributed by atoms with Gasteiger partial charge in [0.2, 0.25) is 11.8 Å². The number of hydrogen-bond acceptors (Lipinski definition) is 29. The fourth-order valence-electron chi connectivity index (χ4n) is 7.25. The van der Waals surface area contributed by atoms with Gasteiger partial charge < -0.3 is 84.6 Å². The van der Waals surface area contributed by atoms with Crippen LogP contribution in [0.1, 0.15) is 13.8 Å². The Labute approximate surface area is 386 Å². The molecule has 4 heterocycles. The van der Waals surface area contributed by atoms with E-state index in [1.54, 1.807) is 0 Å². The number of aliphatic hydroxyl groups excluding tert-OH is 6. The molecule has 0 saturated carbocycles. The van der Waals surface area contributed by atoms with Crippen LogP contribution in [0.25, 0.3) is 0 Å². The molecule has 0 aromatic carbocycles. The van der Waals surface area contributed by atoms with Crippen molar-refractivity contribution in [3.63, 3.8) is 0 Å². The smallest absolute Gasteiger partial charge is 0.397 e. The number of hydrogen-bond donors (Lipinski definition) is 14. The van der Waals surface area contributed by atoms with E-state index in [1.165, 1.54) is 0 Å². The molecule has 4 aliphatic rings. The Kier molecular flexibility index (Phi) is 19.2. The lowest BCUT2D eigenvalue weighted by molar-refractivity contribution is -0.364. The number of carbonyl (C=O) groups excluding carboxylic acids is 2. The second-order valence-electron chi connectivity index (χ2n) is 14.7. The van der Waals surface area contributed by atoms with Crippen LogP contribution < -0.4 is 10.6 Å². The van der Waals surface area contributed by atoms with Gasteiger partial charge in [0.05, 0.1) is 13.2 Å². The minimum Gasteiger partial charge on any atom is -0.479 e. The van der Waals surface area contributed by atoms with Gasteiger partial charge in [0, 0.05) is 13.8 Å². The molecule has 400 valence electrons. The molecule has 0 aliphatic carbocycles. The lowest BCUT2D eigenvalue weighted by atomic mass is 9.94. The molecule has 2 amide bonds. The standard InChI is InChI=1S/C28H44N2O35S4/c1-5(33)29-9-16(14(62-66(43,44)45)7(3-31)55-25(9)42)57-28-13(37)19(65-69(52,53)54)21(22(61-28)24(40)41)60-26-10(30-6(2)34)17(15(8(4-32)56-26)63-67(46,47)48)58-27-12(36)18(64-68(49,50)51)11(35)20(59-27)23(38)39/h7-22,25-28,31-32,35-37,42H,3-4H2,1-2H3,(H,29,33)(H,30,34)(H,38,39)(H,40,41)(H,43,44,45)(H,46,47,48)(H,49,50,51)(H,52,53,54)/t7-,8-,9-,10-,11+,12-,13-,14+,15+,16-,17-,18+,19-,20+,21+,22+,25?,26+,27-,28-/m1/s1. The molecule has 0 aromatic heterocycles. The van der Waals surface area contributed by atoms with Crippen molar-refractivity contribution in [2.24, 2.45) is 0 Å². The van der Waals surface area contributed by atoms with E-state index in [4.69, 9.17) is 33.2 Å². The van der Waals surface area contributed by atoms with Gasteiger partial charge in [-0.25, -0.2) is 26.3 Å². The maximum absolute atomic E-state index is 12.9.